The Morgan fingerprint density at radius 2 is 2.05 bits per heavy atom. The van der Waals surface area contributed by atoms with Crippen molar-refractivity contribution in [1.82, 2.24) is 0 Å². The van der Waals surface area contributed by atoms with Crippen LogP contribution in [0.2, 0.25) is 0 Å². The van der Waals surface area contributed by atoms with Crippen molar-refractivity contribution in [1.29, 1.82) is 0 Å². The third-order valence-electron chi connectivity index (χ3n) is 2.63. The molecule has 1 aromatic rings. The SMILES string of the molecule is COCCOCC(O)COc1c(C)cc(Br)cc1C(=O)O. The van der Waals surface area contributed by atoms with Crippen LogP contribution in [0.4, 0.5) is 0 Å². The molecule has 21 heavy (non-hydrogen) atoms. The average Bonchev–Trinajstić information content (AvgIpc) is 2.41. The highest BCUT2D eigenvalue weighted by Gasteiger charge is 2.16. The number of aromatic carboxylic acids is 1. The van der Waals surface area contributed by atoms with E-state index in [1.165, 1.54) is 6.07 Å². The maximum absolute atomic E-state index is 11.2. The largest absolute Gasteiger partial charge is 0.490 e. The van der Waals surface area contributed by atoms with Gasteiger partial charge < -0.3 is 24.4 Å². The third-order valence-corrected chi connectivity index (χ3v) is 3.09. The second-order valence-corrected chi connectivity index (χ2v) is 5.35. The molecule has 2 N–H and O–H groups in total. The molecule has 0 radical (unpaired) electrons. The molecule has 0 saturated heterocycles. The van der Waals surface area contributed by atoms with E-state index < -0.39 is 12.1 Å². The highest BCUT2D eigenvalue weighted by molar-refractivity contribution is 9.10. The van der Waals surface area contributed by atoms with Crippen molar-refractivity contribution in [3.8, 4) is 5.75 Å². The molecule has 0 aliphatic rings. The summed E-state index contributed by atoms with van der Waals surface area (Å²) in [6.07, 6.45) is -0.841. The van der Waals surface area contributed by atoms with Crippen LogP contribution >= 0.6 is 15.9 Å². The topological polar surface area (TPSA) is 85.2 Å². The molecule has 0 fully saturated rings. The standard InChI is InChI=1S/C14H19BrO6/c1-9-5-10(15)6-12(14(17)18)13(9)21-8-11(16)7-20-4-3-19-2/h5-6,11,16H,3-4,7-8H2,1-2H3,(H,17,18). The van der Waals surface area contributed by atoms with Gasteiger partial charge in [-0.25, -0.2) is 4.79 Å². The van der Waals surface area contributed by atoms with Crippen LogP contribution in [0.15, 0.2) is 16.6 Å². The Balaban J connectivity index is 2.60. The van der Waals surface area contributed by atoms with Crippen LogP contribution in [-0.2, 0) is 9.47 Å². The Hall–Kier alpha value is -1.15. The third kappa shape index (κ3) is 6.01. The number of aryl methyl sites for hydroxylation is 1. The van der Waals surface area contributed by atoms with Gasteiger partial charge in [-0.2, -0.15) is 0 Å². The van der Waals surface area contributed by atoms with Gasteiger partial charge in [-0.05, 0) is 24.6 Å². The van der Waals surface area contributed by atoms with Gasteiger partial charge in [0.15, 0.2) is 0 Å². The number of halogens is 1. The van der Waals surface area contributed by atoms with Gasteiger partial charge in [0.2, 0.25) is 0 Å². The van der Waals surface area contributed by atoms with E-state index in [0.29, 0.717) is 23.2 Å². The van der Waals surface area contributed by atoms with Gasteiger partial charge in [0.05, 0.1) is 19.8 Å². The number of carboxylic acids is 1. The van der Waals surface area contributed by atoms with Gasteiger partial charge in [0.25, 0.3) is 0 Å². The molecule has 118 valence electrons. The smallest absolute Gasteiger partial charge is 0.339 e. The van der Waals surface area contributed by atoms with Crippen LogP contribution in [0.25, 0.3) is 0 Å². The Kier molecular flexibility index (Phi) is 7.66. The fraction of sp³-hybridized carbons (Fsp3) is 0.500. The number of rotatable bonds is 9. The Labute approximate surface area is 131 Å². The molecule has 0 spiro atoms. The molecule has 0 heterocycles. The minimum absolute atomic E-state index is 0.0459. The first-order valence-corrected chi connectivity index (χ1v) is 7.16. The van der Waals surface area contributed by atoms with Crippen LogP contribution in [0.1, 0.15) is 15.9 Å². The van der Waals surface area contributed by atoms with Crippen LogP contribution in [0, 0.1) is 6.92 Å². The van der Waals surface area contributed by atoms with E-state index in [1.807, 2.05) is 0 Å². The van der Waals surface area contributed by atoms with E-state index in [4.69, 9.17) is 14.2 Å². The van der Waals surface area contributed by atoms with Crippen LogP contribution in [-0.4, -0.2) is 55.8 Å². The lowest BCUT2D eigenvalue weighted by Gasteiger charge is -2.16. The normalized spacial score (nSPS) is 12.2. The maximum atomic E-state index is 11.2. The van der Waals surface area contributed by atoms with E-state index in [-0.39, 0.29) is 24.5 Å². The number of aliphatic hydroxyl groups is 1. The van der Waals surface area contributed by atoms with Crippen molar-refractivity contribution in [2.24, 2.45) is 0 Å². The van der Waals surface area contributed by atoms with Gasteiger partial charge in [0.1, 0.15) is 24.0 Å². The van der Waals surface area contributed by atoms with Crippen molar-refractivity contribution in [2.75, 3.05) is 33.5 Å². The fourth-order valence-electron chi connectivity index (χ4n) is 1.67. The molecule has 1 atom stereocenters. The number of hydrogen-bond donors (Lipinski definition) is 2. The Bertz CT molecular complexity index is 477. The summed E-state index contributed by atoms with van der Waals surface area (Å²) in [6, 6.07) is 3.22. The molecular formula is C14H19BrO6. The maximum Gasteiger partial charge on any atom is 0.339 e. The fourth-order valence-corrected chi connectivity index (χ4v) is 2.24. The number of hydrogen-bond acceptors (Lipinski definition) is 5. The first-order chi connectivity index (χ1) is 9.95. The highest BCUT2D eigenvalue weighted by atomic mass is 79.9. The summed E-state index contributed by atoms with van der Waals surface area (Å²) in [6.45, 7) is 2.62. The van der Waals surface area contributed by atoms with E-state index in [9.17, 15) is 15.0 Å². The second-order valence-electron chi connectivity index (χ2n) is 4.44. The molecule has 0 aromatic heterocycles. The van der Waals surface area contributed by atoms with Crippen molar-refractivity contribution in [3.05, 3.63) is 27.7 Å². The number of benzene rings is 1. The van der Waals surface area contributed by atoms with Crippen molar-refractivity contribution < 1.29 is 29.2 Å². The molecule has 0 amide bonds. The molecule has 6 nitrogen and oxygen atoms in total. The Morgan fingerprint density at radius 3 is 2.67 bits per heavy atom. The zero-order valence-corrected chi connectivity index (χ0v) is 13.6. The average molecular weight is 363 g/mol. The van der Waals surface area contributed by atoms with Gasteiger partial charge in [-0.3, -0.25) is 0 Å². The highest BCUT2D eigenvalue weighted by Crippen LogP contribution is 2.28. The molecule has 0 saturated carbocycles. The van der Waals surface area contributed by atoms with E-state index >= 15 is 0 Å². The van der Waals surface area contributed by atoms with Gasteiger partial charge in [-0.1, -0.05) is 15.9 Å². The molecular weight excluding hydrogens is 344 g/mol. The number of aliphatic hydroxyl groups excluding tert-OH is 1. The van der Waals surface area contributed by atoms with Gasteiger partial charge >= 0.3 is 5.97 Å². The zero-order valence-electron chi connectivity index (χ0n) is 12.0. The summed E-state index contributed by atoms with van der Waals surface area (Å²) in [5.41, 5.74) is 0.726. The van der Waals surface area contributed by atoms with Crippen LogP contribution in [0.3, 0.4) is 0 Å². The lowest BCUT2D eigenvalue weighted by molar-refractivity contribution is -0.00448. The van der Waals surface area contributed by atoms with Crippen molar-refractivity contribution in [3.63, 3.8) is 0 Å². The predicted octanol–water partition coefficient (Wildman–Crippen LogP) is 1.86. The monoisotopic (exact) mass is 362 g/mol. The van der Waals surface area contributed by atoms with Gasteiger partial charge in [-0.15, -0.1) is 0 Å². The summed E-state index contributed by atoms with van der Waals surface area (Å²) >= 11 is 3.24. The summed E-state index contributed by atoms with van der Waals surface area (Å²) < 4.78 is 16.1. The molecule has 0 aliphatic carbocycles. The first kappa shape index (κ1) is 17.9. The molecule has 1 unspecified atom stereocenters. The summed E-state index contributed by atoms with van der Waals surface area (Å²) in [7, 11) is 1.56. The second kappa shape index (κ2) is 8.99. The quantitative estimate of drug-likeness (QED) is 0.652. The minimum Gasteiger partial charge on any atom is -0.490 e. The number of carbonyl (C=O) groups is 1. The van der Waals surface area contributed by atoms with E-state index in [0.717, 1.165) is 0 Å². The first-order valence-electron chi connectivity index (χ1n) is 6.36. The van der Waals surface area contributed by atoms with E-state index in [1.54, 1.807) is 20.1 Å². The summed E-state index contributed by atoms with van der Waals surface area (Å²) in [5.74, 6) is -0.832. The molecule has 1 rings (SSSR count). The zero-order chi connectivity index (χ0) is 15.8. The lowest BCUT2D eigenvalue weighted by atomic mass is 10.1. The lowest BCUT2D eigenvalue weighted by Crippen LogP contribution is -2.25. The predicted molar refractivity (Wildman–Crippen MR) is 80.0 cm³/mol. The van der Waals surface area contributed by atoms with Gasteiger partial charge in [0, 0.05) is 11.6 Å². The van der Waals surface area contributed by atoms with Crippen molar-refractivity contribution in [2.45, 2.75) is 13.0 Å². The minimum atomic E-state index is -1.08. The number of carboxylic acid groups (broad SMARTS) is 1. The molecule has 0 bridgehead atoms. The number of methoxy groups -OCH3 is 1. The Morgan fingerprint density at radius 1 is 1.33 bits per heavy atom. The van der Waals surface area contributed by atoms with Crippen LogP contribution in [0.5, 0.6) is 5.75 Å². The molecule has 1 aromatic carbocycles. The van der Waals surface area contributed by atoms with Crippen molar-refractivity contribution >= 4 is 21.9 Å². The van der Waals surface area contributed by atoms with E-state index in [2.05, 4.69) is 15.9 Å². The molecule has 0 aliphatic heterocycles. The van der Waals surface area contributed by atoms with Crippen LogP contribution < -0.4 is 4.74 Å². The molecule has 7 heteroatoms. The summed E-state index contributed by atoms with van der Waals surface area (Å²) in [4.78, 5) is 11.2. The summed E-state index contributed by atoms with van der Waals surface area (Å²) in [5, 5.41) is 18.9. The number of ether oxygens (including phenoxy) is 3.